The minimum absolute atomic E-state index is 0.0324. The molecule has 1 aliphatic heterocycles. The van der Waals surface area contributed by atoms with Gasteiger partial charge in [0.1, 0.15) is 0 Å². The summed E-state index contributed by atoms with van der Waals surface area (Å²) in [5.41, 5.74) is 0.549. The quantitative estimate of drug-likeness (QED) is 0.282. The van der Waals surface area contributed by atoms with Gasteiger partial charge in [0.05, 0.1) is 19.3 Å². The van der Waals surface area contributed by atoms with E-state index in [0.29, 0.717) is 18.3 Å². The Morgan fingerprint density at radius 1 is 0.750 bits per heavy atom. The lowest BCUT2D eigenvalue weighted by Crippen LogP contribution is -2.38. The smallest absolute Gasteiger partial charge is 0.200 e. The van der Waals surface area contributed by atoms with Crippen LogP contribution in [0.25, 0.3) is 0 Å². The number of rotatable bonds is 9. The Balaban J connectivity index is 1.01. The first-order valence-electron chi connectivity index (χ1n) is 16.9. The molecule has 4 fully saturated rings. The van der Waals surface area contributed by atoms with Crippen molar-refractivity contribution in [1.82, 2.24) is 0 Å². The molecule has 0 bridgehead atoms. The molecule has 4 heteroatoms. The minimum atomic E-state index is -0.820. The third-order valence-electron chi connectivity index (χ3n) is 11.5. The first-order chi connectivity index (χ1) is 19.6. The van der Waals surface area contributed by atoms with Crippen LogP contribution in [0.1, 0.15) is 128 Å². The summed E-state index contributed by atoms with van der Waals surface area (Å²) in [6, 6.07) is 3.37. The maximum Gasteiger partial charge on any atom is 0.200 e. The van der Waals surface area contributed by atoms with Crippen LogP contribution in [0.3, 0.4) is 0 Å². The van der Waals surface area contributed by atoms with Crippen molar-refractivity contribution < 1.29 is 18.3 Å². The molecule has 0 spiro atoms. The van der Waals surface area contributed by atoms with Gasteiger partial charge in [0.15, 0.2) is 11.6 Å². The zero-order valence-electron chi connectivity index (χ0n) is 25.2. The standard InChI is InChI=1S/C36H54F2O2/c1-3-5-6-7-25-8-10-28(11-9-25)31-20-22-33(40-24-31)30-18-14-27(15-19-30)26-12-16-29(17-13-26)32-21-23-34(39-4-2)36(38)35(32)37/h3,5,21,23,25-31,33H,4,6-20,22,24H2,1-2H3. The van der Waals surface area contributed by atoms with E-state index in [1.807, 2.05) is 0 Å². The Hall–Kier alpha value is -1.42. The lowest BCUT2D eigenvalue weighted by atomic mass is 9.67. The lowest BCUT2D eigenvalue weighted by molar-refractivity contribution is -0.0757. The molecular formula is C36H54F2O2. The van der Waals surface area contributed by atoms with Crippen molar-refractivity contribution in [3.05, 3.63) is 41.5 Å². The van der Waals surface area contributed by atoms with E-state index >= 15 is 0 Å². The van der Waals surface area contributed by atoms with E-state index < -0.39 is 11.6 Å². The van der Waals surface area contributed by atoms with Crippen LogP contribution >= 0.6 is 0 Å². The molecule has 2 nitrogen and oxygen atoms in total. The number of hydrogen-bond acceptors (Lipinski definition) is 2. The fourth-order valence-corrected chi connectivity index (χ4v) is 9.00. The van der Waals surface area contributed by atoms with Crippen molar-refractivity contribution in [2.75, 3.05) is 13.2 Å². The molecule has 3 saturated carbocycles. The average molecular weight is 557 g/mol. The average Bonchev–Trinajstić information content (AvgIpc) is 3.01. The highest BCUT2D eigenvalue weighted by Crippen LogP contribution is 2.47. The summed E-state index contributed by atoms with van der Waals surface area (Å²) >= 11 is 0. The van der Waals surface area contributed by atoms with Gasteiger partial charge in [0.25, 0.3) is 0 Å². The highest BCUT2D eigenvalue weighted by atomic mass is 19.2. The maximum atomic E-state index is 14.8. The van der Waals surface area contributed by atoms with Crippen molar-refractivity contribution in [2.24, 2.45) is 35.5 Å². The SMILES string of the molecule is CC=CCCC1CCC(C2CCC(C3CCC(C4CCC(c5ccc(OCC)c(F)c5F)CC4)CC3)OC2)CC1. The summed E-state index contributed by atoms with van der Waals surface area (Å²) in [5.74, 6) is 3.60. The van der Waals surface area contributed by atoms with Gasteiger partial charge in [-0.1, -0.05) is 31.1 Å². The Kier molecular flexibility index (Phi) is 11.0. The number of halogens is 2. The number of benzene rings is 1. The zero-order valence-corrected chi connectivity index (χ0v) is 25.2. The van der Waals surface area contributed by atoms with Crippen molar-refractivity contribution >= 4 is 0 Å². The van der Waals surface area contributed by atoms with Gasteiger partial charge in [-0.05, 0) is 157 Å². The van der Waals surface area contributed by atoms with E-state index in [9.17, 15) is 8.78 Å². The van der Waals surface area contributed by atoms with Gasteiger partial charge in [-0.15, -0.1) is 0 Å². The largest absolute Gasteiger partial charge is 0.491 e. The van der Waals surface area contributed by atoms with Crippen molar-refractivity contribution in [3.63, 3.8) is 0 Å². The predicted octanol–water partition coefficient (Wildman–Crippen LogP) is 10.4. The van der Waals surface area contributed by atoms with Gasteiger partial charge in [-0.2, -0.15) is 4.39 Å². The molecule has 2 atom stereocenters. The molecular weight excluding hydrogens is 502 g/mol. The molecule has 0 radical (unpaired) electrons. The van der Waals surface area contributed by atoms with Crippen LogP contribution < -0.4 is 4.74 Å². The molecule has 1 aromatic carbocycles. The third-order valence-corrected chi connectivity index (χ3v) is 11.5. The van der Waals surface area contributed by atoms with Crippen LogP contribution in [0.2, 0.25) is 0 Å². The Bertz CT molecular complexity index is 928. The van der Waals surface area contributed by atoms with E-state index in [-0.39, 0.29) is 11.7 Å². The molecule has 4 aliphatic rings. The highest BCUT2D eigenvalue weighted by Gasteiger charge is 2.37. The van der Waals surface area contributed by atoms with E-state index in [4.69, 9.17) is 9.47 Å². The maximum absolute atomic E-state index is 14.8. The van der Waals surface area contributed by atoms with Gasteiger partial charge in [-0.3, -0.25) is 0 Å². The van der Waals surface area contributed by atoms with E-state index in [1.165, 1.54) is 77.0 Å². The number of hydrogen-bond donors (Lipinski definition) is 0. The fraction of sp³-hybridized carbons (Fsp3) is 0.778. The van der Waals surface area contributed by atoms with Crippen LogP contribution in [-0.2, 0) is 4.74 Å². The summed E-state index contributed by atoms with van der Waals surface area (Å²) in [6.45, 7) is 5.27. The second-order valence-electron chi connectivity index (χ2n) is 13.6. The molecule has 3 aliphatic carbocycles. The van der Waals surface area contributed by atoms with Gasteiger partial charge in [0.2, 0.25) is 5.82 Å². The Labute approximate surface area is 242 Å². The summed E-state index contributed by atoms with van der Waals surface area (Å²) in [5, 5.41) is 0. The molecule has 224 valence electrons. The van der Waals surface area contributed by atoms with Gasteiger partial charge in [0, 0.05) is 0 Å². The monoisotopic (exact) mass is 556 g/mol. The molecule has 0 aromatic heterocycles. The molecule has 0 amide bonds. The van der Waals surface area contributed by atoms with Crippen LogP contribution in [0.4, 0.5) is 8.78 Å². The van der Waals surface area contributed by atoms with Crippen molar-refractivity contribution in [3.8, 4) is 5.75 Å². The predicted molar refractivity (Wildman–Crippen MR) is 160 cm³/mol. The Morgan fingerprint density at radius 2 is 1.35 bits per heavy atom. The summed E-state index contributed by atoms with van der Waals surface area (Å²) in [7, 11) is 0. The molecule has 0 N–H and O–H groups in total. The van der Waals surface area contributed by atoms with Crippen molar-refractivity contribution in [1.29, 1.82) is 0 Å². The van der Waals surface area contributed by atoms with Gasteiger partial charge >= 0.3 is 0 Å². The van der Waals surface area contributed by atoms with Gasteiger partial charge in [-0.25, -0.2) is 4.39 Å². The normalized spacial score (nSPS) is 35.6. The summed E-state index contributed by atoms with van der Waals surface area (Å²) in [4.78, 5) is 0. The first kappa shape index (κ1) is 30.1. The van der Waals surface area contributed by atoms with Gasteiger partial charge < -0.3 is 9.47 Å². The minimum Gasteiger partial charge on any atom is -0.491 e. The second kappa shape index (κ2) is 14.7. The molecule has 5 rings (SSSR count). The molecule has 1 saturated heterocycles. The molecule has 1 aromatic rings. The highest BCUT2D eigenvalue weighted by molar-refractivity contribution is 5.33. The lowest BCUT2D eigenvalue weighted by Gasteiger charge is -2.43. The second-order valence-corrected chi connectivity index (χ2v) is 13.6. The van der Waals surface area contributed by atoms with Crippen LogP contribution in [0.15, 0.2) is 24.3 Å². The van der Waals surface area contributed by atoms with Crippen LogP contribution in [0.5, 0.6) is 5.75 Å². The molecule has 2 unspecified atom stereocenters. The topological polar surface area (TPSA) is 18.5 Å². The van der Waals surface area contributed by atoms with Crippen LogP contribution in [0, 0.1) is 47.1 Å². The number of allylic oxidation sites excluding steroid dienone is 2. The van der Waals surface area contributed by atoms with Crippen molar-refractivity contribution in [2.45, 2.75) is 129 Å². The Morgan fingerprint density at radius 3 is 1.98 bits per heavy atom. The van der Waals surface area contributed by atoms with Crippen LogP contribution in [-0.4, -0.2) is 19.3 Å². The van der Waals surface area contributed by atoms with E-state index in [1.54, 1.807) is 19.1 Å². The molecule has 1 heterocycles. The fourth-order valence-electron chi connectivity index (χ4n) is 9.00. The van der Waals surface area contributed by atoms with E-state index in [0.717, 1.165) is 67.8 Å². The third kappa shape index (κ3) is 7.31. The molecule has 40 heavy (non-hydrogen) atoms. The number of ether oxygens (including phenoxy) is 2. The first-order valence-corrected chi connectivity index (χ1v) is 16.9. The summed E-state index contributed by atoms with van der Waals surface area (Å²) < 4.78 is 41.0. The zero-order chi connectivity index (χ0) is 27.9. The summed E-state index contributed by atoms with van der Waals surface area (Å²) in [6.07, 6.45) is 25.5. The van der Waals surface area contributed by atoms with E-state index in [2.05, 4.69) is 19.1 Å².